The summed E-state index contributed by atoms with van der Waals surface area (Å²) in [7, 11) is 0. The Morgan fingerprint density at radius 2 is 1.96 bits per heavy atom. The number of nitrogens with zero attached hydrogens (tertiary/aromatic N) is 1. The smallest absolute Gasteiger partial charge is 0.270 e. The predicted molar refractivity (Wildman–Crippen MR) is 93.7 cm³/mol. The molecule has 2 heterocycles. The third-order valence-electron chi connectivity index (χ3n) is 3.72. The molecule has 2 aromatic heterocycles. The molecule has 0 bridgehead atoms. The molecule has 23 heavy (non-hydrogen) atoms. The summed E-state index contributed by atoms with van der Waals surface area (Å²) in [5.41, 5.74) is 2.79. The number of nitrogens with one attached hydrogen (secondary N) is 1. The van der Waals surface area contributed by atoms with E-state index in [9.17, 15) is 4.79 Å². The minimum absolute atomic E-state index is 0.157. The van der Waals surface area contributed by atoms with Gasteiger partial charge in [0, 0.05) is 11.1 Å². The number of hydrogen-bond acceptors (Lipinski definition) is 3. The maximum absolute atomic E-state index is 12.5. The summed E-state index contributed by atoms with van der Waals surface area (Å²) in [5.74, 6) is -0.163. The summed E-state index contributed by atoms with van der Waals surface area (Å²) in [6.07, 6.45) is 2.63. The van der Waals surface area contributed by atoms with Gasteiger partial charge in [-0.3, -0.25) is 9.78 Å². The van der Waals surface area contributed by atoms with Gasteiger partial charge in [-0.1, -0.05) is 43.3 Å². The van der Waals surface area contributed by atoms with Gasteiger partial charge in [0.2, 0.25) is 0 Å². The number of amides is 1. The summed E-state index contributed by atoms with van der Waals surface area (Å²) in [4.78, 5) is 17.7. The number of rotatable bonds is 5. The fraction of sp³-hybridized carbons (Fsp3) is 0.158. The summed E-state index contributed by atoms with van der Waals surface area (Å²) in [6.45, 7) is 2.13. The predicted octanol–water partition coefficient (Wildman–Crippen LogP) is 4.22. The highest BCUT2D eigenvalue weighted by molar-refractivity contribution is 7.10. The molecule has 3 aromatic rings. The molecule has 3 rings (SSSR count). The standard InChI is InChI=1S/C19H18N2OS/c1-2-14-8-10-15(11-9-14)18(17-7-5-13-23-17)21-19(22)16-6-3-4-12-20-16/h3-13,18H,2H2,1H3,(H,21,22)/t18-/m1/s1. The molecule has 0 aliphatic rings. The minimum atomic E-state index is -0.163. The fourth-order valence-electron chi connectivity index (χ4n) is 2.42. The molecule has 4 heteroatoms. The van der Waals surface area contributed by atoms with Gasteiger partial charge in [0.1, 0.15) is 5.69 Å². The van der Waals surface area contributed by atoms with Crippen molar-refractivity contribution in [2.24, 2.45) is 0 Å². The second kappa shape index (κ2) is 7.20. The summed E-state index contributed by atoms with van der Waals surface area (Å²) < 4.78 is 0. The van der Waals surface area contributed by atoms with E-state index in [1.165, 1.54) is 5.56 Å². The van der Waals surface area contributed by atoms with Gasteiger partial charge >= 0.3 is 0 Å². The van der Waals surface area contributed by atoms with E-state index in [1.54, 1.807) is 29.7 Å². The molecule has 0 fully saturated rings. The molecule has 0 unspecified atom stereocenters. The van der Waals surface area contributed by atoms with E-state index >= 15 is 0 Å². The Hall–Kier alpha value is -2.46. The highest BCUT2D eigenvalue weighted by atomic mass is 32.1. The van der Waals surface area contributed by atoms with Crippen molar-refractivity contribution in [3.8, 4) is 0 Å². The maximum atomic E-state index is 12.5. The van der Waals surface area contributed by atoms with Crippen LogP contribution in [0.15, 0.2) is 66.2 Å². The first-order valence-electron chi connectivity index (χ1n) is 7.62. The second-order valence-electron chi connectivity index (χ2n) is 5.23. The number of aromatic nitrogens is 1. The van der Waals surface area contributed by atoms with Crippen molar-refractivity contribution in [1.29, 1.82) is 0 Å². The number of pyridine rings is 1. The van der Waals surface area contributed by atoms with Crippen LogP contribution in [-0.2, 0) is 6.42 Å². The number of aryl methyl sites for hydroxylation is 1. The van der Waals surface area contributed by atoms with Gasteiger partial charge in [-0.25, -0.2) is 0 Å². The molecular formula is C19H18N2OS. The zero-order valence-corrected chi connectivity index (χ0v) is 13.7. The first-order chi connectivity index (χ1) is 11.3. The first kappa shape index (κ1) is 15.4. The average molecular weight is 322 g/mol. The maximum Gasteiger partial charge on any atom is 0.270 e. The Morgan fingerprint density at radius 3 is 2.57 bits per heavy atom. The topological polar surface area (TPSA) is 42.0 Å². The highest BCUT2D eigenvalue weighted by Crippen LogP contribution is 2.26. The van der Waals surface area contributed by atoms with E-state index in [-0.39, 0.29) is 11.9 Å². The van der Waals surface area contributed by atoms with Crippen molar-refractivity contribution >= 4 is 17.2 Å². The van der Waals surface area contributed by atoms with Gasteiger partial charge in [0.15, 0.2) is 0 Å². The van der Waals surface area contributed by atoms with Crippen molar-refractivity contribution < 1.29 is 4.79 Å². The van der Waals surface area contributed by atoms with E-state index in [0.29, 0.717) is 5.69 Å². The number of thiophene rings is 1. The second-order valence-corrected chi connectivity index (χ2v) is 6.21. The molecule has 1 amide bonds. The van der Waals surface area contributed by atoms with Crippen LogP contribution in [0.3, 0.4) is 0 Å². The largest absolute Gasteiger partial charge is 0.339 e. The van der Waals surface area contributed by atoms with Gasteiger partial charge in [0.05, 0.1) is 6.04 Å². The summed E-state index contributed by atoms with van der Waals surface area (Å²) in [6, 6.07) is 17.6. The van der Waals surface area contributed by atoms with Crippen LogP contribution in [0.25, 0.3) is 0 Å². The molecule has 0 aliphatic carbocycles. The molecule has 0 radical (unpaired) electrons. The number of carbonyl (C=O) groups is 1. The molecule has 0 spiro atoms. The monoisotopic (exact) mass is 322 g/mol. The number of benzene rings is 1. The van der Waals surface area contributed by atoms with Gasteiger partial charge in [-0.2, -0.15) is 0 Å². The van der Waals surface area contributed by atoms with Crippen LogP contribution in [0.5, 0.6) is 0 Å². The van der Waals surface area contributed by atoms with Crippen molar-refractivity contribution in [3.63, 3.8) is 0 Å². The SMILES string of the molecule is CCc1ccc([C@@H](NC(=O)c2ccccn2)c2cccs2)cc1. The third kappa shape index (κ3) is 3.66. The highest BCUT2D eigenvalue weighted by Gasteiger charge is 2.19. The summed E-state index contributed by atoms with van der Waals surface area (Å²) >= 11 is 1.64. The Bertz CT molecular complexity index is 752. The molecule has 1 atom stereocenters. The molecule has 116 valence electrons. The van der Waals surface area contributed by atoms with Crippen LogP contribution in [0.2, 0.25) is 0 Å². The van der Waals surface area contributed by atoms with E-state index in [4.69, 9.17) is 0 Å². The van der Waals surface area contributed by atoms with E-state index in [2.05, 4.69) is 41.5 Å². The van der Waals surface area contributed by atoms with Crippen molar-refractivity contribution in [2.75, 3.05) is 0 Å². The van der Waals surface area contributed by atoms with Crippen LogP contribution in [0, 0.1) is 0 Å². The van der Waals surface area contributed by atoms with E-state index < -0.39 is 0 Å². The normalized spacial score (nSPS) is 11.9. The minimum Gasteiger partial charge on any atom is -0.339 e. The van der Waals surface area contributed by atoms with Crippen LogP contribution in [0.1, 0.15) is 39.5 Å². The Morgan fingerprint density at radius 1 is 1.13 bits per heavy atom. The van der Waals surface area contributed by atoms with Crippen molar-refractivity contribution in [3.05, 3.63) is 87.9 Å². The van der Waals surface area contributed by atoms with Gasteiger partial charge < -0.3 is 5.32 Å². The molecule has 0 saturated heterocycles. The molecule has 1 N–H and O–H groups in total. The third-order valence-corrected chi connectivity index (χ3v) is 4.66. The lowest BCUT2D eigenvalue weighted by Crippen LogP contribution is -2.29. The van der Waals surface area contributed by atoms with E-state index in [0.717, 1.165) is 16.9 Å². The zero-order valence-electron chi connectivity index (χ0n) is 12.9. The molecule has 1 aromatic carbocycles. The summed E-state index contributed by atoms with van der Waals surface area (Å²) in [5, 5.41) is 5.12. The van der Waals surface area contributed by atoms with Crippen molar-refractivity contribution in [1.82, 2.24) is 10.3 Å². The molecular weight excluding hydrogens is 304 g/mol. The Balaban J connectivity index is 1.88. The quantitative estimate of drug-likeness (QED) is 0.764. The Kier molecular flexibility index (Phi) is 4.83. The molecule has 0 aliphatic heterocycles. The lowest BCUT2D eigenvalue weighted by atomic mass is 10.0. The lowest BCUT2D eigenvalue weighted by Gasteiger charge is -2.18. The molecule has 3 nitrogen and oxygen atoms in total. The van der Waals surface area contributed by atoms with Crippen LogP contribution >= 0.6 is 11.3 Å². The zero-order chi connectivity index (χ0) is 16.1. The number of carbonyl (C=O) groups excluding carboxylic acids is 1. The van der Waals surface area contributed by atoms with Gasteiger partial charge in [-0.15, -0.1) is 11.3 Å². The van der Waals surface area contributed by atoms with Gasteiger partial charge in [-0.05, 0) is 41.1 Å². The fourth-order valence-corrected chi connectivity index (χ4v) is 3.22. The average Bonchev–Trinajstić information content (AvgIpc) is 3.15. The number of hydrogen-bond donors (Lipinski definition) is 1. The lowest BCUT2D eigenvalue weighted by molar-refractivity contribution is 0.0938. The van der Waals surface area contributed by atoms with Crippen LogP contribution in [-0.4, -0.2) is 10.9 Å². The van der Waals surface area contributed by atoms with Crippen molar-refractivity contribution in [2.45, 2.75) is 19.4 Å². The molecule has 0 saturated carbocycles. The first-order valence-corrected chi connectivity index (χ1v) is 8.50. The Labute approximate surface area is 140 Å². The van der Waals surface area contributed by atoms with Crippen LogP contribution < -0.4 is 5.32 Å². The van der Waals surface area contributed by atoms with Crippen LogP contribution in [0.4, 0.5) is 0 Å². The van der Waals surface area contributed by atoms with E-state index in [1.807, 2.05) is 23.6 Å². The van der Waals surface area contributed by atoms with Gasteiger partial charge in [0.25, 0.3) is 5.91 Å².